The molecule has 0 bridgehead atoms. The lowest BCUT2D eigenvalue weighted by Gasteiger charge is -2.31. The number of amides is 3. The molecule has 4 aromatic rings. The number of imide groups is 1. The number of nitrogens with one attached hydrogen (secondary N) is 1. The van der Waals surface area contributed by atoms with Gasteiger partial charge in [0.15, 0.2) is 5.78 Å². The average Bonchev–Trinajstić information content (AvgIpc) is 3.73. The number of carbonyl (C=O) groups is 5. The van der Waals surface area contributed by atoms with Crippen LogP contribution in [-0.4, -0.2) is 120 Å². The van der Waals surface area contributed by atoms with E-state index in [4.69, 9.17) is 24.0 Å². The van der Waals surface area contributed by atoms with Gasteiger partial charge in [-0.15, -0.1) is 0 Å². The van der Waals surface area contributed by atoms with Crippen LogP contribution in [0, 0.1) is 0 Å². The SMILES string of the molecule is C.COc1cc2nn(C3CCN(CCOCCOCCOc4ccc5c(c4)C(=O)N(C4CCC(=O)CC4=O)C5=O)CC3)cc2cc1NC(=O)c1cccc(C(F)(F)F)n1. The summed E-state index contributed by atoms with van der Waals surface area (Å²) in [5, 5.41) is 8.09. The summed E-state index contributed by atoms with van der Waals surface area (Å²) in [6, 6.07) is 10.3. The van der Waals surface area contributed by atoms with Gasteiger partial charge >= 0.3 is 6.18 Å². The highest BCUT2D eigenvalue weighted by Gasteiger charge is 2.44. The minimum Gasteiger partial charge on any atom is -0.494 e. The molecule has 0 radical (unpaired) electrons. The van der Waals surface area contributed by atoms with E-state index in [1.54, 1.807) is 18.2 Å². The Morgan fingerprint density at radius 3 is 2.36 bits per heavy atom. The number of rotatable bonds is 15. The van der Waals surface area contributed by atoms with Crippen molar-refractivity contribution in [3.05, 3.63) is 77.2 Å². The number of nitrogens with zero attached hydrogens (tertiary/aromatic N) is 5. The Labute approximate surface area is 337 Å². The minimum atomic E-state index is -4.68. The van der Waals surface area contributed by atoms with Crippen LogP contribution in [0.1, 0.15) is 82.5 Å². The number of ketones is 2. The number of methoxy groups -OCH3 is 1. The van der Waals surface area contributed by atoms with Crippen molar-refractivity contribution in [2.24, 2.45) is 0 Å². The Kier molecular flexibility index (Phi) is 13.4. The molecule has 15 nitrogen and oxygen atoms in total. The molecule has 2 aromatic carbocycles. The van der Waals surface area contributed by atoms with E-state index in [1.165, 1.54) is 25.3 Å². The number of piperidine rings is 1. The number of hydrogen-bond donors (Lipinski definition) is 1. The van der Waals surface area contributed by atoms with Gasteiger partial charge in [0.25, 0.3) is 17.7 Å². The van der Waals surface area contributed by atoms with E-state index in [0.717, 1.165) is 54.9 Å². The van der Waals surface area contributed by atoms with Crippen LogP contribution >= 0.6 is 0 Å². The molecule has 7 rings (SSSR count). The number of pyridine rings is 1. The molecule has 4 heterocycles. The average molecular weight is 823 g/mol. The fourth-order valence-corrected chi connectivity index (χ4v) is 7.32. The first-order chi connectivity index (χ1) is 27.9. The third-order valence-electron chi connectivity index (χ3n) is 10.4. The van der Waals surface area contributed by atoms with Gasteiger partial charge in [-0.2, -0.15) is 18.3 Å². The Morgan fingerprint density at radius 2 is 1.63 bits per heavy atom. The van der Waals surface area contributed by atoms with Crippen molar-refractivity contribution in [3.63, 3.8) is 0 Å². The lowest BCUT2D eigenvalue weighted by Crippen LogP contribution is -2.47. The first-order valence-electron chi connectivity index (χ1n) is 18.9. The number of anilines is 1. The zero-order chi connectivity index (χ0) is 41.0. The second-order valence-corrected chi connectivity index (χ2v) is 14.2. The summed E-state index contributed by atoms with van der Waals surface area (Å²) in [7, 11) is 1.43. The zero-order valence-corrected chi connectivity index (χ0v) is 31.6. The van der Waals surface area contributed by atoms with Gasteiger partial charge in [0.1, 0.15) is 35.3 Å². The summed E-state index contributed by atoms with van der Waals surface area (Å²) in [5.41, 5.74) is -0.229. The molecule has 2 aromatic heterocycles. The van der Waals surface area contributed by atoms with E-state index in [-0.39, 0.29) is 74.2 Å². The highest BCUT2D eigenvalue weighted by molar-refractivity contribution is 6.23. The number of benzene rings is 2. The Hall–Kier alpha value is -5.72. The van der Waals surface area contributed by atoms with Crippen LogP contribution in [0.3, 0.4) is 0 Å². The lowest BCUT2D eigenvalue weighted by atomic mass is 9.92. The van der Waals surface area contributed by atoms with Gasteiger partial charge in [0.05, 0.1) is 74.4 Å². The number of ether oxygens (including phenoxy) is 4. The van der Waals surface area contributed by atoms with Crippen LogP contribution in [-0.2, 0) is 25.2 Å². The minimum absolute atomic E-state index is 0. The highest BCUT2D eigenvalue weighted by atomic mass is 19.4. The van der Waals surface area contributed by atoms with Crippen LogP contribution in [0.25, 0.3) is 10.9 Å². The van der Waals surface area contributed by atoms with Crippen molar-refractivity contribution in [2.75, 3.05) is 65.1 Å². The van der Waals surface area contributed by atoms with Crippen LogP contribution in [0.2, 0.25) is 0 Å². The maximum Gasteiger partial charge on any atom is 0.433 e. The van der Waals surface area contributed by atoms with Crippen LogP contribution in [0.5, 0.6) is 11.5 Å². The van der Waals surface area contributed by atoms with E-state index in [1.807, 2.05) is 10.9 Å². The monoisotopic (exact) mass is 822 g/mol. The molecule has 18 heteroatoms. The molecule has 59 heavy (non-hydrogen) atoms. The fourth-order valence-electron chi connectivity index (χ4n) is 7.32. The Morgan fingerprint density at radius 1 is 0.898 bits per heavy atom. The predicted molar refractivity (Wildman–Crippen MR) is 207 cm³/mol. The molecule has 2 aliphatic heterocycles. The van der Waals surface area contributed by atoms with E-state index >= 15 is 0 Å². The molecule has 1 atom stereocenters. The second kappa shape index (κ2) is 18.5. The summed E-state index contributed by atoms with van der Waals surface area (Å²) in [5.74, 6) is -1.81. The first-order valence-corrected chi connectivity index (χ1v) is 18.9. The molecular weight excluding hydrogens is 777 g/mol. The van der Waals surface area contributed by atoms with E-state index in [9.17, 15) is 37.1 Å². The van der Waals surface area contributed by atoms with Crippen molar-refractivity contribution in [1.82, 2.24) is 24.6 Å². The number of likely N-dealkylation sites (tertiary alicyclic amines) is 1. The summed E-state index contributed by atoms with van der Waals surface area (Å²) >= 11 is 0. The third kappa shape index (κ3) is 9.77. The van der Waals surface area contributed by atoms with Crippen molar-refractivity contribution in [2.45, 2.75) is 57.8 Å². The number of aromatic nitrogens is 3. The number of Topliss-reactive ketones (excluding diaryl/α,β-unsaturated/α-hetero) is 2. The fraction of sp³-hybridized carbons (Fsp3) is 0.439. The number of carbonyl (C=O) groups excluding carboxylic acids is 5. The van der Waals surface area contributed by atoms with Crippen molar-refractivity contribution in [3.8, 4) is 11.5 Å². The van der Waals surface area contributed by atoms with Gasteiger partial charge in [-0.1, -0.05) is 13.5 Å². The molecular formula is C41H45F3N6O9. The van der Waals surface area contributed by atoms with Gasteiger partial charge < -0.3 is 29.2 Å². The van der Waals surface area contributed by atoms with Gasteiger partial charge in [-0.25, -0.2) is 4.98 Å². The molecule has 0 spiro atoms. The second-order valence-electron chi connectivity index (χ2n) is 14.2. The van der Waals surface area contributed by atoms with Gasteiger partial charge in [-0.3, -0.25) is 33.6 Å². The molecule has 1 saturated carbocycles. The maximum atomic E-state index is 13.1. The predicted octanol–water partition coefficient (Wildman–Crippen LogP) is 5.38. The molecule has 314 valence electrons. The molecule has 2 fully saturated rings. The van der Waals surface area contributed by atoms with Gasteiger partial charge in [0, 0.05) is 43.7 Å². The highest BCUT2D eigenvalue weighted by Crippen LogP contribution is 2.34. The van der Waals surface area contributed by atoms with E-state index < -0.39 is 41.4 Å². The number of fused-ring (bicyclic) bond motifs is 2. The van der Waals surface area contributed by atoms with Crippen molar-refractivity contribution in [1.29, 1.82) is 0 Å². The van der Waals surface area contributed by atoms with E-state index in [0.29, 0.717) is 36.8 Å². The topological polar surface area (TPSA) is 171 Å². The Bertz CT molecular complexity index is 2220. The first kappa shape index (κ1) is 42.9. The molecule has 1 saturated heterocycles. The van der Waals surface area contributed by atoms with Gasteiger partial charge in [0.2, 0.25) is 0 Å². The van der Waals surface area contributed by atoms with Crippen molar-refractivity contribution >= 4 is 45.9 Å². The summed E-state index contributed by atoms with van der Waals surface area (Å²) < 4.78 is 63.8. The number of alkyl halides is 3. The largest absolute Gasteiger partial charge is 0.494 e. The van der Waals surface area contributed by atoms with Crippen LogP contribution in [0.4, 0.5) is 18.9 Å². The molecule has 1 aliphatic carbocycles. The standard InChI is InChI=1S/C40H41F3N6O9.CH4/c1-55-35-22-31-24(19-32(35)45-37(52)30-3-2-4-36(44-30)40(41,42)43)23-48(46-31)25-9-11-47(12-10-25)13-14-56-15-16-57-17-18-58-27-6-7-28-29(21-27)39(54)49(38(28)53)33-8-5-26(50)20-34(33)51;/h2-4,6-7,19,21-23,25,33H,5,8-18,20H2,1H3,(H,45,52);1H4. The van der Waals surface area contributed by atoms with Crippen LogP contribution in [0.15, 0.2) is 54.7 Å². The molecule has 1 unspecified atom stereocenters. The normalized spacial score (nSPS) is 17.6. The molecule has 3 aliphatic rings. The molecule has 1 N–H and O–H groups in total. The summed E-state index contributed by atoms with van der Waals surface area (Å²) in [6.07, 6.45) is -1.05. The third-order valence-corrected chi connectivity index (χ3v) is 10.4. The summed E-state index contributed by atoms with van der Waals surface area (Å²) in [6.45, 7) is 4.21. The molecule has 3 amide bonds. The van der Waals surface area contributed by atoms with Gasteiger partial charge in [-0.05, 0) is 55.7 Å². The van der Waals surface area contributed by atoms with Crippen molar-refractivity contribution < 1.29 is 56.1 Å². The van der Waals surface area contributed by atoms with Crippen LogP contribution < -0.4 is 14.8 Å². The summed E-state index contributed by atoms with van der Waals surface area (Å²) in [4.78, 5) is 69.5. The smallest absolute Gasteiger partial charge is 0.433 e. The number of halogens is 3. The van der Waals surface area contributed by atoms with E-state index in [2.05, 4.69) is 15.2 Å². The maximum absolute atomic E-state index is 13.1. The zero-order valence-electron chi connectivity index (χ0n) is 31.6. The Balaban J connectivity index is 0.00000585. The number of hydrogen-bond acceptors (Lipinski definition) is 12. The quantitative estimate of drug-likeness (QED) is 0.0924. The lowest BCUT2D eigenvalue weighted by molar-refractivity contribution is -0.141.